The molecule has 9 heteroatoms. The molecule has 0 fully saturated rings. The van der Waals surface area contributed by atoms with E-state index in [1.165, 1.54) is 12.1 Å². The molecule has 1 amide bonds. The van der Waals surface area contributed by atoms with E-state index in [0.29, 0.717) is 47.9 Å². The molecule has 0 aliphatic heterocycles. The number of benzene rings is 4. The van der Waals surface area contributed by atoms with Crippen molar-refractivity contribution in [2.45, 2.75) is 19.1 Å². The molecule has 0 bridgehead atoms. The number of nitriles is 1. The summed E-state index contributed by atoms with van der Waals surface area (Å²) in [5, 5.41) is 26.2. The van der Waals surface area contributed by atoms with Crippen LogP contribution in [0.15, 0.2) is 97.1 Å². The molecule has 2 N–H and O–H groups in total. The average Bonchev–Trinajstić information content (AvgIpc) is 2.99. The largest absolute Gasteiger partial charge is 0.493 e. The van der Waals surface area contributed by atoms with Crippen molar-refractivity contribution >= 4 is 17.3 Å². The molecule has 0 spiro atoms. The van der Waals surface area contributed by atoms with Gasteiger partial charge in [0.15, 0.2) is 11.5 Å². The highest BCUT2D eigenvalue weighted by atomic mass is 16.6. The molecule has 4 aromatic carbocycles. The second kappa shape index (κ2) is 13.4. The first-order valence-electron chi connectivity index (χ1n) is 12.6. The summed E-state index contributed by atoms with van der Waals surface area (Å²) in [6, 6.07) is 29.5. The van der Waals surface area contributed by atoms with E-state index in [0.717, 1.165) is 11.1 Å². The lowest BCUT2D eigenvalue weighted by Gasteiger charge is -2.21. The Labute approximate surface area is 232 Å². The second-order valence-corrected chi connectivity index (χ2v) is 8.92. The molecule has 40 heavy (non-hydrogen) atoms. The number of nitro benzene ring substituents is 1. The van der Waals surface area contributed by atoms with E-state index in [2.05, 4.69) is 16.7 Å². The van der Waals surface area contributed by atoms with Crippen LogP contribution in [-0.4, -0.2) is 24.5 Å². The molecular weight excluding hydrogens is 508 g/mol. The zero-order chi connectivity index (χ0) is 28.3. The van der Waals surface area contributed by atoms with Gasteiger partial charge in [-0.15, -0.1) is 0 Å². The first-order chi connectivity index (χ1) is 19.5. The Hall–Kier alpha value is -5.36. The Kier molecular flexibility index (Phi) is 9.30. The fraction of sp³-hybridized carbons (Fsp3) is 0.161. The molecule has 9 nitrogen and oxygen atoms in total. The molecule has 0 aliphatic rings. The summed E-state index contributed by atoms with van der Waals surface area (Å²) in [5.74, 6) is 0.760. The van der Waals surface area contributed by atoms with Crippen LogP contribution >= 0.6 is 0 Å². The highest BCUT2D eigenvalue weighted by Crippen LogP contribution is 2.32. The van der Waals surface area contributed by atoms with Crippen LogP contribution in [0.4, 0.5) is 11.4 Å². The summed E-state index contributed by atoms with van der Waals surface area (Å²) in [5.41, 5.74) is 3.73. The monoisotopic (exact) mass is 536 g/mol. The number of non-ortho nitro benzene ring substituents is 1. The summed E-state index contributed by atoms with van der Waals surface area (Å²) in [4.78, 5) is 23.9. The van der Waals surface area contributed by atoms with Gasteiger partial charge in [-0.3, -0.25) is 14.9 Å². The van der Waals surface area contributed by atoms with Crippen LogP contribution in [-0.2, 0) is 17.8 Å². The Morgan fingerprint density at radius 2 is 1.68 bits per heavy atom. The van der Waals surface area contributed by atoms with Crippen LogP contribution in [0, 0.1) is 21.4 Å². The van der Waals surface area contributed by atoms with Gasteiger partial charge in [-0.25, -0.2) is 0 Å². The molecule has 202 valence electrons. The van der Waals surface area contributed by atoms with Crippen molar-refractivity contribution in [3.05, 3.63) is 129 Å². The van der Waals surface area contributed by atoms with E-state index in [9.17, 15) is 14.9 Å². The third kappa shape index (κ3) is 7.36. The third-order valence-corrected chi connectivity index (χ3v) is 6.21. The van der Waals surface area contributed by atoms with Gasteiger partial charge in [0.2, 0.25) is 5.91 Å². The Bertz CT molecular complexity index is 1480. The molecule has 0 aliphatic carbocycles. The fourth-order valence-electron chi connectivity index (χ4n) is 4.04. The maximum Gasteiger partial charge on any atom is 0.269 e. The number of nitro groups is 1. The van der Waals surface area contributed by atoms with Crippen molar-refractivity contribution in [3.8, 4) is 17.6 Å². The number of carbonyl (C=O) groups excluding carboxylic acids is 1. The van der Waals surface area contributed by atoms with Crippen LogP contribution in [0.2, 0.25) is 0 Å². The van der Waals surface area contributed by atoms with Gasteiger partial charge in [0, 0.05) is 24.4 Å². The van der Waals surface area contributed by atoms with Crippen molar-refractivity contribution < 1.29 is 19.2 Å². The molecule has 0 saturated carbocycles. The van der Waals surface area contributed by atoms with E-state index in [1.807, 2.05) is 30.3 Å². The fourth-order valence-corrected chi connectivity index (χ4v) is 4.04. The quantitative estimate of drug-likeness (QED) is 0.179. The van der Waals surface area contributed by atoms with E-state index in [1.54, 1.807) is 61.7 Å². The number of nitrogens with one attached hydrogen (secondary N) is 2. The molecule has 0 radical (unpaired) electrons. The van der Waals surface area contributed by atoms with Gasteiger partial charge in [-0.05, 0) is 59.5 Å². The van der Waals surface area contributed by atoms with Crippen molar-refractivity contribution in [2.75, 3.05) is 19.0 Å². The molecular formula is C31H28N4O5. The van der Waals surface area contributed by atoms with Crippen molar-refractivity contribution in [3.63, 3.8) is 0 Å². The zero-order valence-corrected chi connectivity index (χ0v) is 21.9. The van der Waals surface area contributed by atoms with Gasteiger partial charge in [-0.2, -0.15) is 5.26 Å². The molecule has 4 rings (SSSR count). The first-order valence-corrected chi connectivity index (χ1v) is 12.6. The predicted octanol–water partition coefficient (Wildman–Crippen LogP) is 5.57. The smallest absolute Gasteiger partial charge is 0.269 e. The minimum atomic E-state index is -0.776. The van der Waals surface area contributed by atoms with Gasteiger partial charge >= 0.3 is 0 Å². The Balaban J connectivity index is 1.50. The third-order valence-electron chi connectivity index (χ3n) is 6.21. The predicted molar refractivity (Wildman–Crippen MR) is 151 cm³/mol. The van der Waals surface area contributed by atoms with Gasteiger partial charge < -0.3 is 20.1 Å². The zero-order valence-electron chi connectivity index (χ0n) is 21.9. The van der Waals surface area contributed by atoms with Crippen LogP contribution in [0.3, 0.4) is 0 Å². The van der Waals surface area contributed by atoms with Gasteiger partial charge in [-0.1, -0.05) is 48.5 Å². The van der Waals surface area contributed by atoms with Crippen LogP contribution in [0.25, 0.3) is 0 Å². The maximum atomic E-state index is 13.4. The number of carbonyl (C=O) groups is 1. The molecule has 0 heterocycles. The lowest BCUT2D eigenvalue weighted by atomic mass is 10.0. The number of nitrogens with zero attached hydrogens (tertiary/aromatic N) is 2. The van der Waals surface area contributed by atoms with Crippen molar-refractivity contribution in [1.82, 2.24) is 5.32 Å². The van der Waals surface area contributed by atoms with E-state index in [-0.39, 0.29) is 11.6 Å². The number of methoxy groups -OCH3 is 1. The summed E-state index contributed by atoms with van der Waals surface area (Å²) in [6.45, 7) is 0.699. The van der Waals surface area contributed by atoms with E-state index < -0.39 is 11.0 Å². The van der Waals surface area contributed by atoms with Gasteiger partial charge in [0.05, 0.1) is 23.7 Å². The summed E-state index contributed by atoms with van der Waals surface area (Å²) in [6.07, 6.45) is 0.503. The number of anilines is 1. The van der Waals surface area contributed by atoms with Crippen LogP contribution in [0.5, 0.6) is 11.5 Å². The van der Waals surface area contributed by atoms with E-state index >= 15 is 0 Å². The molecule has 4 aromatic rings. The topological polar surface area (TPSA) is 127 Å². The standard InChI is InChI=1S/C31H28N4O5/c1-39-29-19-25(11-16-28(29)40-21-24-5-3-2-4-6-24)30(34-26-12-7-23(20-32)8-13-26)31(36)33-18-17-22-9-14-27(15-10-22)35(37)38/h2-16,19,30,34H,17-18,21H2,1H3,(H,33,36)/t30-/m0/s1. The molecule has 0 aromatic heterocycles. The first kappa shape index (κ1) is 27.7. The Morgan fingerprint density at radius 1 is 0.950 bits per heavy atom. The molecule has 1 atom stereocenters. The SMILES string of the molecule is COc1cc([C@H](Nc2ccc(C#N)cc2)C(=O)NCCc2ccc([N+](=O)[O-])cc2)ccc1OCc1ccccc1. The summed E-state index contributed by atoms with van der Waals surface area (Å²) in [7, 11) is 1.54. The highest BCUT2D eigenvalue weighted by molar-refractivity contribution is 5.86. The number of ether oxygens (including phenoxy) is 2. The van der Waals surface area contributed by atoms with Gasteiger partial charge in [0.1, 0.15) is 12.6 Å². The normalized spacial score (nSPS) is 11.1. The minimum Gasteiger partial charge on any atom is -0.493 e. The van der Waals surface area contributed by atoms with Gasteiger partial charge in [0.25, 0.3) is 5.69 Å². The lowest BCUT2D eigenvalue weighted by molar-refractivity contribution is -0.384. The minimum absolute atomic E-state index is 0.0182. The molecule has 0 saturated heterocycles. The number of rotatable bonds is 12. The number of hydrogen-bond donors (Lipinski definition) is 2. The number of hydrogen-bond acceptors (Lipinski definition) is 7. The maximum absolute atomic E-state index is 13.4. The van der Waals surface area contributed by atoms with Crippen LogP contribution in [0.1, 0.15) is 28.3 Å². The van der Waals surface area contributed by atoms with Crippen molar-refractivity contribution in [2.24, 2.45) is 0 Å². The lowest BCUT2D eigenvalue weighted by Crippen LogP contribution is -2.34. The summed E-state index contributed by atoms with van der Waals surface area (Å²) >= 11 is 0. The molecule has 0 unspecified atom stereocenters. The Morgan fingerprint density at radius 3 is 2.33 bits per heavy atom. The second-order valence-electron chi connectivity index (χ2n) is 8.92. The summed E-state index contributed by atoms with van der Waals surface area (Å²) < 4.78 is 11.6. The number of amides is 1. The van der Waals surface area contributed by atoms with E-state index in [4.69, 9.17) is 14.7 Å². The van der Waals surface area contributed by atoms with Crippen LogP contribution < -0.4 is 20.1 Å². The highest BCUT2D eigenvalue weighted by Gasteiger charge is 2.22. The average molecular weight is 537 g/mol. The van der Waals surface area contributed by atoms with Crippen molar-refractivity contribution in [1.29, 1.82) is 5.26 Å².